The van der Waals surface area contributed by atoms with Crippen molar-refractivity contribution in [2.24, 2.45) is 5.73 Å². The Kier molecular flexibility index (Phi) is 6.01. The molecular weight excluding hydrogens is 320 g/mol. The average molecular weight is 343 g/mol. The van der Waals surface area contributed by atoms with Crippen molar-refractivity contribution in [1.29, 1.82) is 0 Å². The van der Waals surface area contributed by atoms with Gasteiger partial charge in [-0.15, -0.1) is 0 Å². The Bertz CT molecular complexity index is 559. The van der Waals surface area contributed by atoms with E-state index in [1.807, 2.05) is 13.8 Å². The van der Waals surface area contributed by atoms with Crippen LogP contribution in [0, 0.1) is 0 Å². The molecule has 1 aliphatic rings. The summed E-state index contributed by atoms with van der Waals surface area (Å²) < 4.78 is 4.99. The van der Waals surface area contributed by atoms with Gasteiger partial charge in [0.25, 0.3) is 0 Å². The zero-order valence-corrected chi connectivity index (χ0v) is 14.3. The highest BCUT2D eigenvalue weighted by atomic mass is 35.5. The van der Waals surface area contributed by atoms with E-state index < -0.39 is 6.04 Å². The topological polar surface area (TPSA) is 92.7 Å². The van der Waals surface area contributed by atoms with Crippen LogP contribution in [0.2, 0.25) is 5.15 Å². The fraction of sp³-hybridized carbons (Fsp3) is 0.667. The lowest BCUT2D eigenvalue weighted by Crippen LogP contribution is -2.47. The van der Waals surface area contributed by atoms with Crippen LogP contribution in [0.4, 0.5) is 0 Å². The van der Waals surface area contributed by atoms with Crippen molar-refractivity contribution in [2.75, 3.05) is 19.6 Å². The number of amides is 2. The molecule has 0 saturated carbocycles. The molecule has 0 spiro atoms. The normalized spacial score (nSPS) is 20.8. The summed E-state index contributed by atoms with van der Waals surface area (Å²) in [6.07, 6.45) is 1.14. The van der Waals surface area contributed by atoms with Crippen LogP contribution in [0.15, 0.2) is 10.6 Å². The summed E-state index contributed by atoms with van der Waals surface area (Å²) in [6.45, 7) is 5.51. The van der Waals surface area contributed by atoms with Gasteiger partial charge in [-0.2, -0.15) is 0 Å². The molecule has 0 bridgehead atoms. The number of likely N-dealkylation sites (tertiary alicyclic amines) is 1. The van der Waals surface area contributed by atoms with Crippen LogP contribution in [-0.2, 0) is 16.0 Å². The van der Waals surface area contributed by atoms with Crippen molar-refractivity contribution in [3.05, 3.63) is 17.0 Å². The zero-order valence-electron chi connectivity index (χ0n) is 13.5. The second kappa shape index (κ2) is 7.79. The van der Waals surface area contributed by atoms with E-state index in [0.29, 0.717) is 38.2 Å². The predicted octanol–water partition coefficient (Wildman–Crippen LogP) is 1.06. The molecule has 0 radical (unpaired) electrons. The Hall–Kier alpha value is -1.60. The van der Waals surface area contributed by atoms with Crippen LogP contribution < -0.4 is 5.73 Å². The molecule has 1 fully saturated rings. The second-order valence-corrected chi connectivity index (χ2v) is 6.07. The van der Waals surface area contributed by atoms with Crippen molar-refractivity contribution in [1.82, 2.24) is 15.0 Å². The van der Waals surface area contributed by atoms with Gasteiger partial charge in [0.2, 0.25) is 11.8 Å². The fourth-order valence-corrected chi connectivity index (χ4v) is 3.06. The van der Waals surface area contributed by atoms with Gasteiger partial charge in [-0.3, -0.25) is 9.59 Å². The van der Waals surface area contributed by atoms with Crippen molar-refractivity contribution in [3.63, 3.8) is 0 Å². The highest BCUT2D eigenvalue weighted by molar-refractivity contribution is 6.29. The first-order valence-electron chi connectivity index (χ1n) is 7.91. The van der Waals surface area contributed by atoms with Crippen LogP contribution >= 0.6 is 11.6 Å². The molecule has 2 rings (SSSR count). The van der Waals surface area contributed by atoms with Gasteiger partial charge in [0.1, 0.15) is 11.8 Å². The van der Waals surface area contributed by atoms with Gasteiger partial charge in [0.05, 0.1) is 0 Å². The van der Waals surface area contributed by atoms with E-state index in [1.165, 1.54) is 0 Å². The van der Waals surface area contributed by atoms with Crippen LogP contribution in [0.3, 0.4) is 0 Å². The van der Waals surface area contributed by atoms with E-state index in [4.69, 9.17) is 21.9 Å². The quantitative estimate of drug-likeness (QED) is 0.834. The first-order valence-corrected chi connectivity index (χ1v) is 8.29. The van der Waals surface area contributed by atoms with Crippen molar-refractivity contribution >= 4 is 23.4 Å². The summed E-state index contributed by atoms with van der Waals surface area (Å²) in [7, 11) is 0. The molecule has 1 aromatic rings. The number of nitrogens with two attached hydrogens (primary N) is 1. The van der Waals surface area contributed by atoms with Crippen molar-refractivity contribution in [3.8, 4) is 0 Å². The van der Waals surface area contributed by atoms with Crippen molar-refractivity contribution in [2.45, 2.75) is 45.2 Å². The number of hydrogen-bond donors (Lipinski definition) is 1. The first-order chi connectivity index (χ1) is 11.0. The van der Waals surface area contributed by atoms with E-state index in [9.17, 15) is 9.59 Å². The molecule has 1 aliphatic heterocycles. The van der Waals surface area contributed by atoms with Gasteiger partial charge in [-0.25, -0.2) is 0 Å². The summed E-state index contributed by atoms with van der Waals surface area (Å²) >= 11 is 5.69. The Balaban J connectivity index is 2.00. The highest BCUT2D eigenvalue weighted by Gasteiger charge is 2.39. The Labute approximate surface area is 140 Å². The van der Waals surface area contributed by atoms with Gasteiger partial charge >= 0.3 is 0 Å². The number of halogens is 1. The third kappa shape index (κ3) is 4.23. The second-order valence-electron chi connectivity index (χ2n) is 5.68. The van der Waals surface area contributed by atoms with Gasteiger partial charge in [-0.05, 0) is 20.3 Å². The number of aromatic nitrogens is 1. The summed E-state index contributed by atoms with van der Waals surface area (Å²) in [6, 6.07) is 0.960. The van der Waals surface area contributed by atoms with Crippen molar-refractivity contribution < 1.29 is 14.1 Å². The highest BCUT2D eigenvalue weighted by Crippen LogP contribution is 2.21. The lowest BCUT2D eigenvalue weighted by molar-refractivity contribution is -0.143. The van der Waals surface area contributed by atoms with Crippen LogP contribution in [0.1, 0.15) is 32.4 Å². The molecule has 7 nitrogen and oxygen atoms in total. The number of likely N-dealkylation sites (N-methyl/N-ethyl adjacent to an activating group) is 1. The maximum absolute atomic E-state index is 12.6. The van der Waals surface area contributed by atoms with E-state index in [-0.39, 0.29) is 29.4 Å². The summed E-state index contributed by atoms with van der Waals surface area (Å²) in [5.74, 6) is 0.424. The zero-order chi connectivity index (χ0) is 17.0. The van der Waals surface area contributed by atoms with E-state index in [1.54, 1.807) is 15.9 Å². The van der Waals surface area contributed by atoms with Gasteiger partial charge in [-0.1, -0.05) is 16.8 Å². The van der Waals surface area contributed by atoms with E-state index >= 15 is 0 Å². The number of rotatable bonds is 6. The Morgan fingerprint density at radius 2 is 2.17 bits per heavy atom. The lowest BCUT2D eigenvalue weighted by atomic mass is 10.1. The molecule has 0 aliphatic carbocycles. The molecule has 2 atom stereocenters. The molecule has 2 N–H and O–H groups in total. The maximum atomic E-state index is 12.6. The molecular formula is C15H23ClN4O3. The molecule has 2 amide bonds. The van der Waals surface area contributed by atoms with E-state index in [0.717, 1.165) is 0 Å². The minimum absolute atomic E-state index is 0.0287. The predicted molar refractivity (Wildman–Crippen MR) is 85.9 cm³/mol. The monoisotopic (exact) mass is 342 g/mol. The van der Waals surface area contributed by atoms with Gasteiger partial charge in [0, 0.05) is 44.6 Å². The summed E-state index contributed by atoms with van der Waals surface area (Å²) in [4.78, 5) is 28.4. The smallest absolute Gasteiger partial charge is 0.245 e. The molecule has 1 saturated heterocycles. The Morgan fingerprint density at radius 1 is 1.48 bits per heavy atom. The number of aryl methyl sites for hydroxylation is 1. The number of carbonyl (C=O) groups excluding carboxylic acids is 2. The molecule has 1 aromatic heterocycles. The fourth-order valence-electron chi connectivity index (χ4n) is 2.90. The molecule has 8 heteroatoms. The standard InChI is InChI=1S/C15H23ClN4O3/c1-3-19(4-2)15(22)12-7-10(17)9-20(12)14(21)6-5-11-8-13(16)18-23-11/h8,10,12H,3-7,9,17H2,1-2H3/t10-,12+/m1/s1. The molecule has 0 unspecified atom stereocenters. The first kappa shape index (κ1) is 17.7. The average Bonchev–Trinajstić information content (AvgIpc) is 3.11. The van der Waals surface area contributed by atoms with Gasteiger partial charge in [0.15, 0.2) is 5.15 Å². The largest absolute Gasteiger partial charge is 0.360 e. The van der Waals surface area contributed by atoms with Crippen LogP contribution in [-0.4, -0.2) is 58.5 Å². The number of hydrogen-bond acceptors (Lipinski definition) is 5. The summed E-state index contributed by atoms with van der Waals surface area (Å²) in [5.41, 5.74) is 5.97. The van der Waals surface area contributed by atoms with E-state index in [2.05, 4.69) is 5.16 Å². The minimum Gasteiger partial charge on any atom is -0.360 e. The maximum Gasteiger partial charge on any atom is 0.245 e. The molecule has 0 aromatic carbocycles. The third-order valence-corrected chi connectivity index (χ3v) is 4.31. The molecule has 128 valence electrons. The Morgan fingerprint density at radius 3 is 2.74 bits per heavy atom. The van der Waals surface area contributed by atoms with Crippen LogP contribution in [0.5, 0.6) is 0 Å². The lowest BCUT2D eigenvalue weighted by Gasteiger charge is -2.28. The minimum atomic E-state index is -0.462. The molecule has 23 heavy (non-hydrogen) atoms. The van der Waals surface area contributed by atoms with Gasteiger partial charge < -0.3 is 20.1 Å². The number of nitrogens with zero attached hydrogens (tertiary/aromatic N) is 3. The van der Waals surface area contributed by atoms with Crippen LogP contribution in [0.25, 0.3) is 0 Å². The SMILES string of the molecule is CCN(CC)C(=O)[C@@H]1C[C@@H](N)CN1C(=O)CCc1cc(Cl)no1. The third-order valence-electron chi connectivity index (χ3n) is 4.13. The molecule has 2 heterocycles. The number of carbonyl (C=O) groups is 2. The summed E-state index contributed by atoms with van der Waals surface area (Å²) in [5, 5.41) is 3.85.